The third-order valence-corrected chi connectivity index (χ3v) is 11.8. The molecule has 1 aromatic heterocycles. The summed E-state index contributed by atoms with van der Waals surface area (Å²) in [5, 5.41) is 12.1. The molecule has 3 aromatic carbocycles. The number of nitrogens with zero attached hydrogens (tertiary/aromatic N) is 4. The van der Waals surface area contributed by atoms with Crippen LogP contribution < -0.4 is 31.7 Å². The van der Waals surface area contributed by atoms with E-state index in [0.717, 1.165) is 11.1 Å². The van der Waals surface area contributed by atoms with Crippen molar-refractivity contribution in [2.75, 3.05) is 47.0 Å². The summed E-state index contributed by atoms with van der Waals surface area (Å²) < 4.78 is 12.3. The Labute approximate surface area is 393 Å². The minimum absolute atomic E-state index is 0.0311. The van der Waals surface area contributed by atoms with Gasteiger partial charge in [0.2, 0.25) is 11.8 Å². The zero-order valence-corrected chi connectivity index (χ0v) is 39.6. The number of nitriles is 1. The van der Waals surface area contributed by atoms with Gasteiger partial charge in [-0.15, -0.1) is 0 Å². The number of rotatable bonds is 19. The number of likely N-dealkylation sites (N-methyl/N-ethyl adjacent to an activating group) is 1. The quantitative estimate of drug-likeness (QED) is 0.0514. The van der Waals surface area contributed by atoms with Gasteiger partial charge in [-0.3, -0.25) is 24.0 Å². The summed E-state index contributed by atoms with van der Waals surface area (Å²) in [5.74, 6) is -2.75. The van der Waals surface area contributed by atoms with Crippen LogP contribution in [0.3, 0.4) is 0 Å². The molecule has 1 aliphatic heterocycles. The molecule has 4 atom stereocenters. The van der Waals surface area contributed by atoms with Crippen molar-refractivity contribution in [1.82, 2.24) is 25.7 Å². The van der Waals surface area contributed by atoms with Crippen LogP contribution in [0.5, 0.6) is 11.5 Å². The van der Waals surface area contributed by atoms with E-state index in [2.05, 4.69) is 41.5 Å². The Balaban J connectivity index is 1.57. The van der Waals surface area contributed by atoms with Crippen molar-refractivity contribution in [3.8, 4) is 40.1 Å². The van der Waals surface area contributed by atoms with E-state index < -0.39 is 41.5 Å². The number of fused-ring (bicyclic) bond motifs is 5. The van der Waals surface area contributed by atoms with Gasteiger partial charge in [-0.05, 0) is 66.1 Å². The zero-order valence-electron chi connectivity index (χ0n) is 39.6. The summed E-state index contributed by atoms with van der Waals surface area (Å²) in [6.45, 7) is 10.7. The molecule has 6 N–H and O–H groups in total. The lowest BCUT2D eigenvalue weighted by atomic mass is 9.86. The lowest BCUT2D eigenvalue weighted by molar-refractivity contribution is -0.142. The normalized spacial score (nSPS) is 16.8. The maximum Gasteiger partial charge on any atom is 0.226 e. The Bertz CT molecular complexity index is 2440. The molecule has 2 heterocycles. The van der Waals surface area contributed by atoms with Crippen molar-refractivity contribution in [1.29, 1.82) is 5.26 Å². The van der Waals surface area contributed by atoms with Gasteiger partial charge in [0.25, 0.3) is 0 Å². The summed E-state index contributed by atoms with van der Waals surface area (Å²) >= 11 is 0. The van der Waals surface area contributed by atoms with Gasteiger partial charge in [0.15, 0.2) is 23.2 Å². The monoisotopic (exact) mass is 916 g/mol. The third kappa shape index (κ3) is 13.4. The minimum Gasteiger partial charge on any atom is -0.492 e. The number of nitrogens with one attached hydrogen (secondary N) is 2. The molecule has 0 fully saturated rings. The van der Waals surface area contributed by atoms with E-state index in [0.29, 0.717) is 45.3 Å². The molecule has 356 valence electrons. The summed E-state index contributed by atoms with van der Waals surface area (Å²) in [4.78, 5) is 86.9. The molecule has 2 amide bonds. The molecule has 5 rings (SSSR count). The van der Waals surface area contributed by atoms with Gasteiger partial charge in [-0.2, -0.15) is 5.26 Å². The van der Waals surface area contributed by atoms with Crippen LogP contribution in [0.4, 0.5) is 0 Å². The highest BCUT2D eigenvalue weighted by Crippen LogP contribution is 2.41. The Hall–Kier alpha value is -6.38. The zero-order chi connectivity index (χ0) is 48.8. The third-order valence-electron chi connectivity index (χ3n) is 11.8. The molecule has 67 heavy (non-hydrogen) atoms. The number of ether oxygens (including phenoxy) is 2. The summed E-state index contributed by atoms with van der Waals surface area (Å²) in [6, 6.07) is 18.2. The topological polar surface area (TPSA) is 242 Å². The van der Waals surface area contributed by atoms with E-state index in [1.54, 1.807) is 44.2 Å². The smallest absolute Gasteiger partial charge is 0.226 e. The molecular formula is C51H64N8O8. The molecule has 0 saturated heterocycles. The predicted octanol–water partition coefficient (Wildman–Crippen LogP) is 5.53. The van der Waals surface area contributed by atoms with Gasteiger partial charge in [0.05, 0.1) is 30.5 Å². The number of hydrogen-bond acceptors (Lipinski definition) is 14. The fourth-order valence-corrected chi connectivity index (χ4v) is 8.11. The van der Waals surface area contributed by atoms with Crippen LogP contribution in [0.2, 0.25) is 0 Å². The maximum atomic E-state index is 14.9. The van der Waals surface area contributed by atoms with Crippen molar-refractivity contribution >= 4 is 29.2 Å². The number of hydroxylamine groups is 1. The van der Waals surface area contributed by atoms with Crippen LogP contribution in [-0.2, 0) is 35.9 Å². The van der Waals surface area contributed by atoms with Crippen LogP contribution in [0.15, 0.2) is 66.9 Å². The molecule has 0 aliphatic carbocycles. The second kappa shape index (κ2) is 23.9. The number of benzene rings is 3. The number of carbonyl (C=O) groups excluding carboxylic acids is 5. The van der Waals surface area contributed by atoms with E-state index in [9.17, 15) is 29.2 Å². The molecule has 16 heteroatoms. The first kappa shape index (κ1) is 51.6. The fraction of sp³-hybridized carbons (Fsp3) is 0.451. The molecule has 0 spiro atoms. The molecular weight excluding hydrogens is 853 g/mol. The summed E-state index contributed by atoms with van der Waals surface area (Å²) in [7, 11) is 2.95. The van der Waals surface area contributed by atoms with E-state index in [4.69, 9.17) is 25.8 Å². The maximum absolute atomic E-state index is 14.9. The number of amides is 2. The second-order valence-corrected chi connectivity index (χ2v) is 17.9. The fourth-order valence-electron chi connectivity index (χ4n) is 8.11. The molecule has 16 nitrogen and oxygen atoms in total. The van der Waals surface area contributed by atoms with Crippen molar-refractivity contribution < 1.29 is 38.3 Å². The molecule has 0 unspecified atom stereocenters. The van der Waals surface area contributed by atoms with Gasteiger partial charge in [0.1, 0.15) is 30.8 Å². The van der Waals surface area contributed by atoms with E-state index in [1.807, 2.05) is 36.4 Å². The Morgan fingerprint density at radius 1 is 0.970 bits per heavy atom. The van der Waals surface area contributed by atoms with E-state index >= 15 is 0 Å². The van der Waals surface area contributed by atoms with Crippen LogP contribution in [0.1, 0.15) is 98.6 Å². The molecule has 0 radical (unpaired) electrons. The van der Waals surface area contributed by atoms with Gasteiger partial charge in [0, 0.05) is 87.1 Å². The molecule has 4 bridgehead atoms. The largest absolute Gasteiger partial charge is 0.492 e. The predicted molar refractivity (Wildman–Crippen MR) is 254 cm³/mol. The van der Waals surface area contributed by atoms with Crippen LogP contribution in [0, 0.1) is 30.1 Å². The Morgan fingerprint density at radius 2 is 1.63 bits per heavy atom. The number of aromatic nitrogens is 2. The van der Waals surface area contributed by atoms with E-state index in [-0.39, 0.29) is 93.9 Å². The summed E-state index contributed by atoms with van der Waals surface area (Å²) in [6.07, 6.45) is 1.09. The summed E-state index contributed by atoms with van der Waals surface area (Å²) in [5.41, 5.74) is 19.3. The lowest BCUT2D eigenvalue weighted by Crippen LogP contribution is -2.46. The SMILES string of the molecule is CONCC[C@H](CC(=O)c1cnc(-c2ccc(C(C)(C)C)cc2)nc1C)C(=O)N(C)[C@@H]1C(=O)C[C@@H](C)C(=O)N[C@H](C(=O)CCC#N)Cc2ccc(OCCN)c(c2)-c2cc1ccc2OCCN. The molecule has 4 aromatic rings. The van der Waals surface area contributed by atoms with Crippen molar-refractivity contribution in [3.63, 3.8) is 0 Å². The van der Waals surface area contributed by atoms with E-state index in [1.165, 1.54) is 25.3 Å². The Morgan fingerprint density at radius 3 is 2.24 bits per heavy atom. The van der Waals surface area contributed by atoms with Crippen molar-refractivity contribution in [2.24, 2.45) is 23.3 Å². The average molecular weight is 917 g/mol. The first-order valence-corrected chi connectivity index (χ1v) is 22.7. The molecule has 0 saturated carbocycles. The minimum atomic E-state index is -1.25. The first-order chi connectivity index (χ1) is 32.0. The second-order valence-electron chi connectivity index (χ2n) is 17.9. The van der Waals surface area contributed by atoms with Crippen molar-refractivity contribution in [3.05, 3.63) is 94.8 Å². The lowest BCUT2D eigenvalue weighted by Gasteiger charge is -2.32. The van der Waals surface area contributed by atoms with Crippen LogP contribution >= 0.6 is 0 Å². The average Bonchev–Trinajstić information content (AvgIpc) is 3.30. The highest BCUT2D eigenvalue weighted by atomic mass is 16.6. The Kier molecular flexibility index (Phi) is 18.4. The number of hydrogen-bond donors (Lipinski definition) is 4. The standard InChI is InChI=1S/C51H64N8O8/c1-31-25-44(62)47(59(6)50(64)36(18-22-56-65-7)29-43(61)40-30-55-48(57-32(40)2)34-11-14-37(15-12-34)51(3,4)5)35-13-17-46(67-24-21-54)39(28-35)38-26-33(10-16-45(38)66-23-20-53)27-41(58-49(31)63)42(60)9-8-19-52/h10-17,26,28,30-31,36,41,47,56H,8-9,18,20-25,27,29,53-54H2,1-7H3,(H,58,63)/t31-,36-,41+,47+/m1/s1. The van der Waals surface area contributed by atoms with Crippen LogP contribution in [-0.4, -0.2) is 97.1 Å². The number of ketones is 3. The van der Waals surface area contributed by atoms with Crippen LogP contribution in [0.25, 0.3) is 22.5 Å². The first-order valence-electron chi connectivity index (χ1n) is 22.7. The van der Waals surface area contributed by atoms with Gasteiger partial charge in [-0.1, -0.05) is 64.1 Å². The number of carbonyl (C=O) groups is 5. The van der Waals surface area contributed by atoms with Crippen molar-refractivity contribution in [2.45, 2.75) is 90.6 Å². The number of aryl methyl sites for hydroxylation is 1. The number of Topliss-reactive ketones (excluding diaryl/α,β-unsaturated/α-hetero) is 3. The van der Waals surface area contributed by atoms with Gasteiger partial charge >= 0.3 is 0 Å². The molecule has 1 aliphatic rings. The van der Waals surface area contributed by atoms with Gasteiger partial charge in [-0.25, -0.2) is 15.4 Å². The van der Waals surface area contributed by atoms with Gasteiger partial charge < -0.3 is 36.0 Å². The highest BCUT2D eigenvalue weighted by Gasteiger charge is 2.36. The highest BCUT2D eigenvalue weighted by molar-refractivity contribution is 6.00. The number of nitrogens with two attached hydrogens (primary N) is 2.